The van der Waals surface area contributed by atoms with E-state index in [9.17, 15) is 0 Å². The van der Waals surface area contributed by atoms with Gasteiger partial charge in [0.25, 0.3) is 0 Å². The molecule has 1 N–H and O–H groups in total. The quantitative estimate of drug-likeness (QED) is 0.916. The maximum absolute atomic E-state index is 5.72. The third kappa shape index (κ3) is 3.68. The van der Waals surface area contributed by atoms with Gasteiger partial charge in [-0.15, -0.1) is 0 Å². The molecule has 1 saturated carbocycles. The second-order valence-corrected chi connectivity index (χ2v) is 5.60. The van der Waals surface area contributed by atoms with E-state index in [0.717, 1.165) is 6.54 Å². The van der Waals surface area contributed by atoms with Crippen LogP contribution in [0.3, 0.4) is 0 Å². The summed E-state index contributed by atoms with van der Waals surface area (Å²) in [5.74, 6) is 0.460. The molecule has 0 bridgehead atoms. The van der Waals surface area contributed by atoms with E-state index in [0.29, 0.717) is 11.4 Å². The second-order valence-electron chi connectivity index (χ2n) is 4.92. The third-order valence-corrected chi connectivity index (χ3v) is 3.65. The maximum atomic E-state index is 5.72. The fourth-order valence-electron chi connectivity index (χ4n) is 2.28. The highest BCUT2D eigenvalue weighted by atomic mass is 35.5. The lowest BCUT2D eigenvalue weighted by atomic mass is 9.76. The van der Waals surface area contributed by atoms with Crippen LogP contribution in [0.2, 0.25) is 10.6 Å². The molecule has 2 rings (SSSR count). The fourth-order valence-corrected chi connectivity index (χ4v) is 2.64. The summed E-state index contributed by atoms with van der Waals surface area (Å²) in [6.45, 7) is 3.15. The fraction of sp³-hybridized carbons (Fsp3) is 0.727. The van der Waals surface area contributed by atoms with E-state index in [1.165, 1.54) is 32.1 Å². The molecule has 1 aliphatic carbocycles. The Hall–Kier alpha value is -0.610. The summed E-state index contributed by atoms with van der Waals surface area (Å²) in [5, 5.41) is 3.46. The molecule has 94 valence electrons. The zero-order valence-corrected chi connectivity index (χ0v) is 11.4. The molecule has 4 nitrogen and oxygen atoms in total. The van der Waals surface area contributed by atoms with Crippen molar-refractivity contribution in [1.29, 1.82) is 0 Å². The zero-order valence-electron chi connectivity index (χ0n) is 9.84. The molecule has 1 heterocycles. The number of anilines is 1. The summed E-state index contributed by atoms with van der Waals surface area (Å²) < 4.78 is 0. The molecule has 0 aromatic carbocycles. The van der Waals surface area contributed by atoms with Crippen molar-refractivity contribution in [3.63, 3.8) is 0 Å². The van der Waals surface area contributed by atoms with E-state index in [1.807, 2.05) is 0 Å². The van der Waals surface area contributed by atoms with Gasteiger partial charge < -0.3 is 5.32 Å². The van der Waals surface area contributed by atoms with E-state index < -0.39 is 0 Å². The smallest absolute Gasteiger partial charge is 0.228 e. The van der Waals surface area contributed by atoms with Crippen LogP contribution in [-0.2, 0) is 0 Å². The van der Waals surface area contributed by atoms with Crippen molar-refractivity contribution in [3.05, 3.63) is 10.6 Å². The van der Waals surface area contributed by atoms with Crippen molar-refractivity contribution in [2.24, 2.45) is 5.41 Å². The standard InChI is InChI=1S/C11H16Cl2N4/c1-11(5-3-2-4-6-11)7-14-10-16-8(12)15-9(13)17-10/h2-7H2,1H3,(H,14,15,16,17). The third-order valence-electron chi connectivity index (χ3n) is 3.31. The minimum atomic E-state index is 0.126. The molecule has 0 amide bonds. The van der Waals surface area contributed by atoms with Gasteiger partial charge in [0.05, 0.1) is 0 Å². The van der Waals surface area contributed by atoms with Crippen molar-refractivity contribution in [2.75, 3.05) is 11.9 Å². The van der Waals surface area contributed by atoms with Crippen molar-refractivity contribution < 1.29 is 0 Å². The van der Waals surface area contributed by atoms with Gasteiger partial charge in [0.15, 0.2) is 0 Å². The van der Waals surface area contributed by atoms with Crippen molar-refractivity contribution >= 4 is 29.2 Å². The zero-order chi connectivity index (χ0) is 12.3. The van der Waals surface area contributed by atoms with Gasteiger partial charge in [-0.2, -0.15) is 15.0 Å². The molecule has 0 saturated heterocycles. The van der Waals surface area contributed by atoms with Gasteiger partial charge in [0, 0.05) is 6.54 Å². The van der Waals surface area contributed by atoms with E-state index in [2.05, 4.69) is 27.2 Å². The van der Waals surface area contributed by atoms with Gasteiger partial charge in [-0.25, -0.2) is 0 Å². The van der Waals surface area contributed by atoms with Gasteiger partial charge in [-0.1, -0.05) is 26.2 Å². The lowest BCUT2D eigenvalue weighted by Crippen LogP contribution is -2.29. The van der Waals surface area contributed by atoms with E-state index >= 15 is 0 Å². The molecule has 0 aliphatic heterocycles. The molecule has 6 heteroatoms. The summed E-state index contributed by atoms with van der Waals surface area (Å²) in [6.07, 6.45) is 6.44. The average Bonchev–Trinajstić information content (AvgIpc) is 2.26. The number of rotatable bonds is 3. The Morgan fingerprint density at radius 2 is 1.65 bits per heavy atom. The number of halogens is 2. The Morgan fingerprint density at radius 3 is 2.24 bits per heavy atom. The molecule has 17 heavy (non-hydrogen) atoms. The lowest BCUT2D eigenvalue weighted by molar-refractivity contribution is 0.233. The van der Waals surface area contributed by atoms with Gasteiger partial charge in [0.2, 0.25) is 16.5 Å². The van der Waals surface area contributed by atoms with Gasteiger partial charge in [0.1, 0.15) is 0 Å². The number of nitrogens with zero attached hydrogens (tertiary/aromatic N) is 3. The Kier molecular flexibility index (Phi) is 4.05. The molecule has 0 radical (unpaired) electrons. The number of nitrogens with one attached hydrogen (secondary N) is 1. The van der Waals surface area contributed by atoms with E-state index in [1.54, 1.807) is 0 Å². The number of hydrogen-bond donors (Lipinski definition) is 1. The normalized spacial score (nSPS) is 19.0. The van der Waals surface area contributed by atoms with Gasteiger partial charge in [-0.3, -0.25) is 0 Å². The van der Waals surface area contributed by atoms with Crippen LogP contribution < -0.4 is 5.32 Å². The summed E-state index contributed by atoms with van der Waals surface area (Å²) in [6, 6.07) is 0. The van der Waals surface area contributed by atoms with Crippen molar-refractivity contribution in [1.82, 2.24) is 15.0 Å². The summed E-state index contributed by atoms with van der Waals surface area (Å²) in [4.78, 5) is 11.7. The summed E-state index contributed by atoms with van der Waals surface area (Å²) in [5.41, 5.74) is 0.323. The minimum Gasteiger partial charge on any atom is -0.354 e. The molecule has 1 aromatic rings. The first-order valence-electron chi connectivity index (χ1n) is 5.88. The Morgan fingerprint density at radius 1 is 1.06 bits per heavy atom. The highest BCUT2D eigenvalue weighted by Crippen LogP contribution is 2.35. The molecule has 0 spiro atoms. The van der Waals surface area contributed by atoms with Crippen LogP contribution in [0, 0.1) is 5.41 Å². The van der Waals surface area contributed by atoms with Gasteiger partial charge >= 0.3 is 0 Å². The first-order valence-corrected chi connectivity index (χ1v) is 6.64. The van der Waals surface area contributed by atoms with Gasteiger partial charge in [-0.05, 0) is 41.5 Å². The Labute approximate surface area is 111 Å². The molecular formula is C11H16Cl2N4. The van der Waals surface area contributed by atoms with E-state index in [-0.39, 0.29) is 10.6 Å². The monoisotopic (exact) mass is 274 g/mol. The van der Waals surface area contributed by atoms with E-state index in [4.69, 9.17) is 23.2 Å². The van der Waals surface area contributed by atoms with Crippen LogP contribution in [0.15, 0.2) is 0 Å². The lowest BCUT2D eigenvalue weighted by Gasteiger charge is -2.33. The predicted octanol–water partition coefficient (Wildman–Crippen LogP) is 3.56. The van der Waals surface area contributed by atoms with Crippen LogP contribution in [0.5, 0.6) is 0 Å². The predicted molar refractivity (Wildman–Crippen MR) is 69.5 cm³/mol. The highest BCUT2D eigenvalue weighted by molar-refractivity contribution is 6.31. The highest BCUT2D eigenvalue weighted by Gasteiger charge is 2.26. The molecule has 1 fully saturated rings. The van der Waals surface area contributed by atoms with Crippen LogP contribution in [0.4, 0.5) is 5.95 Å². The van der Waals surface area contributed by atoms with Crippen LogP contribution in [0.25, 0.3) is 0 Å². The van der Waals surface area contributed by atoms with Crippen LogP contribution >= 0.6 is 23.2 Å². The maximum Gasteiger partial charge on any atom is 0.228 e. The van der Waals surface area contributed by atoms with Crippen LogP contribution in [-0.4, -0.2) is 21.5 Å². The second kappa shape index (κ2) is 5.36. The summed E-state index contributed by atoms with van der Waals surface area (Å²) >= 11 is 11.4. The average molecular weight is 275 g/mol. The Bertz CT molecular complexity index is 371. The Balaban J connectivity index is 1.96. The molecular weight excluding hydrogens is 259 g/mol. The molecule has 0 atom stereocenters. The minimum absolute atomic E-state index is 0.126. The summed E-state index contributed by atoms with van der Waals surface area (Å²) in [7, 11) is 0. The van der Waals surface area contributed by atoms with Crippen molar-refractivity contribution in [2.45, 2.75) is 39.0 Å². The number of hydrogen-bond acceptors (Lipinski definition) is 4. The largest absolute Gasteiger partial charge is 0.354 e. The SMILES string of the molecule is CC1(CNc2nc(Cl)nc(Cl)n2)CCCCC1. The number of aromatic nitrogens is 3. The topological polar surface area (TPSA) is 50.7 Å². The van der Waals surface area contributed by atoms with Crippen molar-refractivity contribution in [3.8, 4) is 0 Å². The molecule has 0 unspecified atom stereocenters. The molecule has 1 aromatic heterocycles. The van der Waals surface area contributed by atoms with Crippen LogP contribution in [0.1, 0.15) is 39.0 Å². The molecule has 1 aliphatic rings. The first kappa shape index (κ1) is 12.8. The first-order chi connectivity index (χ1) is 8.07.